The van der Waals surface area contributed by atoms with Gasteiger partial charge in [-0.3, -0.25) is 0 Å². The summed E-state index contributed by atoms with van der Waals surface area (Å²) in [4.78, 5) is 0. The summed E-state index contributed by atoms with van der Waals surface area (Å²) in [6.45, 7) is 8.09. The fourth-order valence-corrected chi connectivity index (χ4v) is 2.29. The Balaban J connectivity index is 2.04. The molecule has 0 aromatic heterocycles. The SMILES string of the molecule is CCCNC(C)c1ccccc1OCc1ccc(C)cc1. The lowest BCUT2D eigenvalue weighted by Crippen LogP contribution is -2.19. The van der Waals surface area contributed by atoms with E-state index in [-0.39, 0.29) is 0 Å². The topological polar surface area (TPSA) is 21.3 Å². The van der Waals surface area contributed by atoms with Gasteiger partial charge < -0.3 is 10.1 Å². The lowest BCUT2D eigenvalue weighted by Gasteiger charge is -2.18. The lowest BCUT2D eigenvalue weighted by molar-refractivity contribution is 0.299. The van der Waals surface area contributed by atoms with Gasteiger partial charge in [-0.2, -0.15) is 0 Å². The highest BCUT2D eigenvalue weighted by atomic mass is 16.5. The lowest BCUT2D eigenvalue weighted by atomic mass is 10.1. The molecule has 1 unspecified atom stereocenters. The molecule has 0 aliphatic carbocycles. The number of aryl methyl sites for hydroxylation is 1. The molecule has 1 N–H and O–H groups in total. The van der Waals surface area contributed by atoms with Crippen LogP contribution in [0, 0.1) is 6.92 Å². The van der Waals surface area contributed by atoms with Crippen molar-refractivity contribution in [2.75, 3.05) is 6.54 Å². The number of ether oxygens (including phenoxy) is 1. The van der Waals surface area contributed by atoms with Crippen molar-refractivity contribution in [2.24, 2.45) is 0 Å². The Bertz CT molecular complexity index is 548. The molecular formula is C19H25NO. The van der Waals surface area contributed by atoms with Gasteiger partial charge >= 0.3 is 0 Å². The normalized spacial score (nSPS) is 12.1. The van der Waals surface area contributed by atoms with Gasteiger partial charge in [0.25, 0.3) is 0 Å². The third kappa shape index (κ3) is 4.61. The van der Waals surface area contributed by atoms with E-state index >= 15 is 0 Å². The van der Waals surface area contributed by atoms with E-state index in [9.17, 15) is 0 Å². The van der Waals surface area contributed by atoms with E-state index in [2.05, 4.69) is 62.5 Å². The maximum atomic E-state index is 6.02. The molecule has 112 valence electrons. The van der Waals surface area contributed by atoms with Gasteiger partial charge in [-0.15, -0.1) is 0 Å². The number of hydrogen-bond donors (Lipinski definition) is 1. The first-order valence-corrected chi connectivity index (χ1v) is 7.71. The van der Waals surface area contributed by atoms with E-state index in [4.69, 9.17) is 4.74 Å². The minimum atomic E-state index is 0.305. The molecule has 2 nitrogen and oxygen atoms in total. The van der Waals surface area contributed by atoms with Crippen LogP contribution in [0.1, 0.15) is 43.0 Å². The first-order valence-electron chi connectivity index (χ1n) is 7.71. The van der Waals surface area contributed by atoms with Crippen molar-refractivity contribution in [2.45, 2.75) is 39.8 Å². The van der Waals surface area contributed by atoms with Gasteiger partial charge in [0.1, 0.15) is 12.4 Å². The third-order valence-corrected chi connectivity index (χ3v) is 3.60. The summed E-state index contributed by atoms with van der Waals surface area (Å²) in [5, 5.41) is 3.51. The predicted octanol–water partition coefficient (Wildman–Crippen LogP) is 4.63. The zero-order valence-electron chi connectivity index (χ0n) is 13.2. The molecule has 2 aromatic rings. The second-order valence-electron chi connectivity index (χ2n) is 5.49. The van der Waals surface area contributed by atoms with Crippen LogP contribution >= 0.6 is 0 Å². The van der Waals surface area contributed by atoms with Crippen molar-refractivity contribution >= 4 is 0 Å². The number of hydrogen-bond acceptors (Lipinski definition) is 2. The van der Waals surface area contributed by atoms with Crippen LogP contribution in [0.3, 0.4) is 0 Å². The van der Waals surface area contributed by atoms with Gasteiger partial charge in [-0.25, -0.2) is 0 Å². The fourth-order valence-electron chi connectivity index (χ4n) is 2.29. The Hall–Kier alpha value is -1.80. The summed E-state index contributed by atoms with van der Waals surface area (Å²) in [6.07, 6.45) is 1.14. The zero-order chi connectivity index (χ0) is 15.1. The van der Waals surface area contributed by atoms with Crippen molar-refractivity contribution < 1.29 is 4.74 Å². The molecule has 0 spiro atoms. The highest BCUT2D eigenvalue weighted by molar-refractivity contribution is 5.36. The molecule has 0 bridgehead atoms. The summed E-state index contributed by atoms with van der Waals surface area (Å²) in [6, 6.07) is 17.1. The van der Waals surface area contributed by atoms with Crippen LogP contribution < -0.4 is 10.1 Å². The molecule has 0 fully saturated rings. The second-order valence-corrected chi connectivity index (χ2v) is 5.49. The number of nitrogens with one attached hydrogen (secondary N) is 1. The monoisotopic (exact) mass is 283 g/mol. The summed E-state index contributed by atoms with van der Waals surface area (Å²) < 4.78 is 6.02. The number of para-hydroxylation sites is 1. The molecule has 2 aromatic carbocycles. The number of rotatable bonds is 7. The average Bonchev–Trinajstić information content (AvgIpc) is 2.52. The van der Waals surface area contributed by atoms with Gasteiger partial charge in [0, 0.05) is 11.6 Å². The molecule has 21 heavy (non-hydrogen) atoms. The average molecular weight is 283 g/mol. The molecule has 2 heteroatoms. The third-order valence-electron chi connectivity index (χ3n) is 3.60. The molecular weight excluding hydrogens is 258 g/mol. The largest absolute Gasteiger partial charge is 0.489 e. The van der Waals surface area contributed by atoms with Crippen LogP contribution in [-0.4, -0.2) is 6.54 Å². The van der Waals surface area contributed by atoms with Crippen molar-refractivity contribution in [3.05, 3.63) is 65.2 Å². The first-order chi connectivity index (χ1) is 10.2. The minimum Gasteiger partial charge on any atom is -0.489 e. The molecule has 0 heterocycles. The number of benzene rings is 2. The van der Waals surface area contributed by atoms with Gasteiger partial charge in [-0.05, 0) is 38.4 Å². The van der Waals surface area contributed by atoms with E-state index in [1.54, 1.807) is 0 Å². The zero-order valence-corrected chi connectivity index (χ0v) is 13.2. The smallest absolute Gasteiger partial charge is 0.124 e. The van der Waals surface area contributed by atoms with Gasteiger partial charge in [0.2, 0.25) is 0 Å². The van der Waals surface area contributed by atoms with E-state index in [0.717, 1.165) is 18.7 Å². The molecule has 0 radical (unpaired) electrons. The second kappa shape index (κ2) is 7.84. The van der Waals surface area contributed by atoms with Crippen LogP contribution in [0.15, 0.2) is 48.5 Å². The van der Waals surface area contributed by atoms with E-state index in [0.29, 0.717) is 12.6 Å². The quantitative estimate of drug-likeness (QED) is 0.799. The van der Waals surface area contributed by atoms with Crippen LogP contribution in [-0.2, 0) is 6.61 Å². The fraction of sp³-hybridized carbons (Fsp3) is 0.368. The van der Waals surface area contributed by atoms with Crippen LogP contribution in [0.25, 0.3) is 0 Å². The molecule has 1 atom stereocenters. The Morgan fingerprint density at radius 3 is 2.48 bits per heavy atom. The Morgan fingerprint density at radius 2 is 1.76 bits per heavy atom. The van der Waals surface area contributed by atoms with E-state index < -0.39 is 0 Å². The van der Waals surface area contributed by atoms with Crippen LogP contribution in [0.4, 0.5) is 0 Å². The molecule has 0 aliphatic heterocycles. The molecule has 0 saturated carbocycles. The minimum absolute atomic E-state index is 0.305. The van der Waals surface area contributed by atoms with E-state index in [1.165, 1.54) is 16.7 Å². The van der Waals surface area contributed by atoms with Crippen LogP contribution in [0.2, 0.25) is 0 Å². The summed E-state index contributed by atoms with van der Waals surface area (Å²) >= 11 is 0. The highest BCUT2D eigenvalue weighted by Gasteiger charge is 2.10. The van der Waals surface area contributed by atoms with Gasteiger partial charge in [0.15, 0.2) is 0 Å². The van der Waals surface area contributed by atoms with Crippen molar-refractivity contribution in [1.82, 2.24) is 5.32 Å². The standard InChI is InChI=1S/C19H25NO/c1-4-13-20-16(3)18-7-5-6-8-19(18)21-14-17-11-9-15(2)10-12-17/h5-12,16,20H,4,13-14H2,1-3H3. The first kappa shape index (κ1) is 15.6. The van der Waals surface area contributed by atoms with Gasteiger partial charge in [0.05, 0.1) is 0 Å². The molecule has 0 saturated heterocycles. The van der Waals surface area contributed by atoms with Crippen molar-refractivity contribution in [1.29, 1.82) is 0 Å². The van der Waals surface area contributed by atoms with E-state index in [1.807, 2.05) is 12.1 Å². The van der Waals surface area contributed by atoms with Crippen molar-refractivity contribution in [3.63, 3.8) is 0 Å². The Labute approximate surface area is 128 Å². The Morgan fingerprint density at radius 1 is 1.05 bits per heavy atom. The maximum absolute atomic E-state index is 6.02. The van der Waals surface area contributed by atoms with Crippen LogP contribution in [0.5, 0.6) is 5.75 Å². The predicted molar refractivity (Wildman–Crippen MR) is 88.7 cm³/mol. The maximum Gasteiger partial charge on any atom is 0.124 e. The van der Waals surface area contributed by atoms with Crippen molar-refractivity contribution in [3.8, 4) is 5.75 Å². The highest BCUT2D eigenvalue weighted by Crippen LogP contribution is 2.25. The Kier molecular flexibility index (Phi) is 5.82. The summed E-state index contributed by atoms with van der Waals surface area (Å²) in [7, 11) is 0. The molecule has 2 rings (SSSR count). The molecule has 0 aliphatic rings. The summed E-state index contributed by atoms with van der Waals surface area (Å²) in [5.41, 5.74) is 3.69. The summed E-state index contributed by atoms with van der Waals surface area (Å²) in [5.74, 6) is 0.967. The van der Waals surface area contributed by atoms with Gasteiger partial charge in [-0.1, -0.05) is 55.0 Å². The molecule has 0 amide bonds.